The van der Waals surface area contributed by atoms with E-state index >= 15 is 0 Å². The summed E-state index contributed by atoms with van der Waals surface area (Å²) in [4.78, 5) is 12.1. The number of fused-ring (bicyclic) bond motifs is 1. The number of hydrogen-bond acceptors (Lipinski definition) is 3. The minimum Gasteiger partial charge on any atom is -0.492 e. The van der Waals surface area contributed by atoms with Crippen molar-refractivity contribution in [3.05, 3.63) is 41.2 Å². The Morgan fingerprint density at radius 2 is 2.42 bits per heavy atom. The summed E-state index contributed by atoms with van der Waals surface area (Å²) >= 11 is 5.95. The lowest BCUT2D eigenvalue weighted by atomic mass is 9.96. The molecule has 0 aliphatic carbocycles. The number of nitrogens with zero attached hydrogens (tertiary/aromatic N) is 1. The van der Waals surface area contributed by atoms with Gasteiger partial charge in [0.25, 0.3) is 0 Å². The van der Waals surface area contributed by atoms with Gasteiger partial charge in [0.15, 0.2) is 0 Å². The second kappa shape index (κ2) is 4.93. The number of benzene rings is 1. The van der Waals surface area contributed by atoms with Gasteiger partial charge in [-0.05, 0) is 30.2 Å². The highest BCUT2D eigenvalue weighted by Crippen LogP contribution is 2.30. The second-order valence-corrected chi connectivity index (χ2v) is 4.88. The molecule has 1 aromatic carbocycles. The number of hydrogen-bond donors (Lipinski definition) is 2. The van der Waals surface area contributed by atoms with E-state index in [0.717, 1.165) is 11.3 Å². The summed E-state index contributed by atoms with van der Waals surface area (Å²) in [6.07, 6.45) is 3.82. The van der Waals surface area contributed by atoms with E-state index in [1.807, 2.05) is 12.1 Å². The fourth-order valence-corrected chi connectivity index (χ4v) is 2.29. The Hall–Kier alpha value is -2.01. The van der Waals surface area contributed by atoms with Crippen LogP contribution < -0.4 is 10.1 Å². The zero-order valence-corrected chi connectivity index (χ0v) is 10.8. The van der Waals surface area contributed by atoms with Crippen LogP contribution in [0.5, 0.6) is 5.75 Å². The van der Waals surface area contributed by atoms with E-state index in [4.69, 9.17) is 16.3 Å². The lowest BCUT2D eigenvalue weighted by molar-refractivity contribution is -0.121. The van der Waals surface area contributed by atoms with E-state index in [9.17, 15) is 4.79 Å². The SMILES string of the molecule is O=C(Nc1cn[nH]c1)C1COc2ccc(Cl)cc2C1. The number of anilines is 1. The van der Waals surface area contributed by atoms with Gasteiger partial charge in [0.2, 0.25) is 5.91 Å². The van der Waals surface area contributed by atoms with Gasteiger partial charge in [-0.3, -0.25) is 9.89 Å². The number of H-pyrrole nitrogens is 1. The van der Waals surface area contributed by atoms with Crippen LogP contribution >= 0.6 is 11.6 Å². The van der Waals surface area contributed by atoms with Gasteiger partial charge < -0.3 is 10.1 Å². The monoisotopic (exact) mass is 277 g/mol. The molecule has 0 bridgehead atoms. The number of nitrogens with one attached hydrogen (secondary N) is 2. The van der Waals surface area contributed by atoms with Crippen molar-refractivity contribution in [3.63, 3.8) is 0 Å². The summed E-state index contributed by atoms with van der Waals surface area (Å²) in [6, 6.07) is 5.46. The highest BCUT2D eigenvalue weighted by atomic mass is 35.5. The van der Waals surface area contributed by atoms with Crippen molar-refractivity contribution >= 4 is 23.2 Å². The number of carbonyl (C=O) groups excluding carboxylic acids is 1. The molecule has 1 amide bonds. The number of aromatic nitrogens is 2. The van der Waals surface area contributed by atoms with Crippen molar-refractivity contribution in [2.24, 2.45) is 5.92 Å². The van der Waals surface area contributed by atoms with Crippen LogP contribution in [0.3, 0.4) is 0 Å². The van der Waals surface area contributed by atoms with Crippen LogP contribution in [0.4, 0.5) is 5.69 Å². The Morgan fingerprint density at radius 3 is 3.21 bits per heavy atom. The average molecular weight is 278 g/mol. The van der Waals surface area contributed by atoms with Crippen molar-refractivity contribution in [1.82, 2.24) is 10.2 Å². The maximum Gasteiger partial charge on any atom is 0.231 e. The van der Waals surface area contributed by atoms with Crippen LogP contribution in [0.15, 0.2) is 30.6 Å². The molecule has 0 radical (unpaired) electrons. The second-order valence-electron chi connectivity index (χ2n) is 4.44. The lowest BCUT2D eigenvalue weighted by Gasteiger charge is -2.24. The predicted molar refractivity (Wildman–Crippen MR) is 71.4 cm³/mol. The lowest BCUT2D eigenvalue weighted by Crippen LogP contribution is -2.32. The summed E-state index contributed by atoms with van der Waals surface area (Å²) in [5.41, 5.74) is 1.62. The maximum atomic E-state index is 12.1. The van der Waals surface area contributed by atoms with E-state index in [2.05, 4.69) is 15.5 Å². The zero-order chi connectivity index (χ0) is 13.2. The Labute approximate surface area is 114 Å². The van der Waals surface area contributed by atoms with Crippen LogP contribution in [0.1, 0.15) is 5.56 Å². The van der Waals surface area contributed by atoms with Crippen LogP contribution in [0, 0.1) is 5.92 Å². The van der Waals surface area contributed by atoms with E-state index in [-0.39, 0.29) is 11.8 Å². The molecule has 0 saturated heterocycles. The summed E-state index contributed by atoms with van der Waals surface area (Å²) < 4.78 is 5.59. The summed E-state index contributed by atoms with van der Waals surface area (Å²) in [5, 5.41) is 9.87. The molecule has 6 heteroatoms. The summed E-state index contributed by atoms with van der Waals surface area (Å²) in [6.45, 7) is 0.373. The number of rotatable bonds is 2. The van der Waals surface area contributed by atoms with Gasteiger partial charge in [-0.2, -0.15) is 5.10 Å². The quantitative estimate of drug-likeness (QED) is 0.885. The molecule has 1 atom stereocenters. The number of halogens is 1. The number of aromatic amines is 1. The van der Waals surface area contributed by atoms with Gasteiger partial charge in [-0.25, -0.2) is 0 Å². The van der Waals surface area contributed by atoms with Crippen molar-refractivity contribution in [2.45, 2.75) is 6.42 Å². The molecule has 1 aromatic heterocycles. The molecule has 1 unspecified atom stereocenters. The van der Waals surface area contributed by atoms with Crippen molar-refractivity contribution < 1.29 is 9.53 Å². The highest BCUT2D eigenvalue weighted by Gasteiger charge is 2.26. The normalized spacial score (nSPS) is 17.4. The summed E-state index contributed by atoms with van der Waals surface area (Å²) in [7, 11) is 0. The first-order valence-corrected chi connectivity index (χ1v) is 6.31. The molecule has 5 nitrogen and oxygen atoms in total. The van der Waals surface area contributed by atoms with Gasteiger partial charge >= 0.3 is 0 Å². The van der Waals surface area contributed by atoms with Gasteiger partial charge in [0.1, 0.15) is 12.4 Å². The van der Waals surface area contributed by atoms with Gasteiger partial charge in [-0.15, -0.1) is 0 Å². The topological polar surface area (TPSA) is 67.0 Å². The van der Waals surface area contributed by atoms with Crippen molar-refractivity contribution in [1.29, 1.82) is 0 Å². The molecular formula is C13H12ClN3O2. The minimum absolute atomic E-state index is 0.0768. The minimum atomic E-state index is -0.221. The Balaban J connectivity index is 1.72. The van der Waals surface area contributed by atoms with Gasteiger partial charge in [-0.1, -0.05) is 11.6 Å². The first-order chi connectivity index (χ1) is 9.22. The molecule has 0 saturated carbocycles. The third kappa shape index (κ3) is 2.56. The Kier molecular flexibility index (Phi) is 3.13. The van der Waals surface area contributed by atoms with E-state index in [1.165, 1.54) is 0 Å². The molecule has 1 aliphatic rings. The molecule has 0 fully saturated rings. The molecule has 2 aromatic rings. The number of carbonyl (C=O) groups is 1. The van der Waals surface area contributed by atoms with Crippen LogP contribution in [0.2, 0.25) is 5.02 Å². The van der Waals surface area contributed by atoms with Crippen LogP contribution in [0.25, 0.3) is 0 Å². The van der Waals surface area contributed by atoms with Crippen LogP contribution in [-0.4, -0.2) is 22.7 Å². The average Bonchev–Trinajstić information content (AvgIpc) is 2.90. The molecular weight excluding hydrogens is 266 g/mol. The number of ether oxygens (including phenoxy) is 1. The number of amides is 1. The molecule has 1 aliphatic heterocycles. The van der Waals surface area contributed by atoms with Crippen molar-refractivity contribution in [3.8, 4) is 5.75 Å². The third-order valence-electron chi connectivity index (χ3n) is 3.07. The largest absolute Gasteiger partial charge is 0.492 e. The van der Waals surface area contributed by atoms with Gasteiger partial charge in [0, 0.05) is 11.2 Å². The van der Waals surface area contributed by atoms with Crippen molar-refractivity contribution in [2.75, 3.05) is 11.9 Å². The molecule has 2 heterocycles. The van der Waals surface area contributed by atoms with Gasteiger partial charge in [0.05, 0.1) is 17.8 Å². The molecule has 98 valence electrons. The molecule has 0 spiro atoms. The van der Waals surface area contributed by atoms with E-state index in [0.29, 0.717) is 23.7 Å². The third-order valence-corrected chi connectivity index (χ3v) is 3.30. The fourth-order valence-electron chi connectivity index (χ4n) is 2.10. The molecule has 3 rings (SSSR count). The first-order valence-electron chi connectivity index (χ1n) is 5.93. The van der Waals surface area contributed by atoms with E-state index in [1.54, 1.807) is 18.5 Å². The smallest absolute Gasteiger partial charge is 0.231 e. The summed E-state index contributed by atoms with van der Waals surface area (Å²) in [5.74, 6) is 0.504. The standard InChI is InChI=1S/C13H12ClN3O2/c14-10-1-2-12-8(4-10)3-9(7-19-12)13(18)17-11-5-15-16-6-11/h1-2,4-6,9H,3,7H2,(H,15,16)(H,17,18). The Morgan fingerprint density at radius 1 is 1.53 bits per heavy atom. The highest BCUT2D eigenvalue weighted by molar-refractivity contribution is 6.30. The predicted octanol–water partition coefficient (Wildman–Crippen LogP) is 2.25. The first kappa shape index (κ1) is 12.0. The fraction of sp³-hybridized carbons (Fsp3) is 0.231. The molecule has 19 heavy (non-hydrogen) atoms. The molecule has 2 N–H and O–H groups in total. The van der Waals surface area contributed by atoms with Crippen LogP contribution in [-0.2, 0) is 11.2 Å². The van der Waals surface area contributed by atoms with E-state index < -0.39 is 0 Å². The Bertz CT molecular complexity index is 598. The maximum absolute atomic E-state index is 12.1. The zero-order valence-electron chi connectivity index (χ0n) is 10.0.